The molecule has 7 heteroatoms. The first-order chi connectivity index (χ1) is 14.1. The summed E-state index contributed by atoms with van der Waals surface area (Å²) in [5.74, 6) is -0.718. The van der Waals surface area contributed by atoms with E-state index in [1.165, 1.54) is 30.0 Å². The van der Waals surface area contributed by atoms with E-state index in [9.17, 15) is 9.59 Å². The van der Waals surface area contributed by atoms with Gasteiger partial charge in [-0.25, -0.2) is 0 Å². The molecule has 0 fully saturated rings. The molecule has 0 bridgehead atoms. The van der Waals surface area contributed by atoms with E-state index in [0.29, 0.717) is 43.1 Å². The summed E-state index contributed by atoms with van der Waals surface area (Å²) in [4.78, 5) is 22.0. The molecule has 0 unspecified atom stereocenters. The van der Waals surface area contributed by atoms with Gasteiger partial charge in [-0.1, -0.05) is 0 Å². The van der Waals surface area contributed by atoms with Crippen LogP contribution in [0, 0.1) is 0 Å². The number of hydrogen-bond acceptors (Lipinski definition) is 4. The number of esters is 2. The zero-order valence-electron chi connectivity index (χ0n) is 15.9. The fourth-order valence-corrected chi connectivity index (χ4v) is 6.85. The van der Waals surface area contributed by atoms with Crippen LogP contribution in [0.25, 0.3) is 0 Å². The van der Waals surface area contributed by atoms with Gasteiger partial charge >= 0.3 is 191 Å². The molecular weight excluding hydrogens is 565 g/mol. The van der Waals surface area contributed by atoms with Crippen molar-refractivity contribution in [3.8, 4) is 0 Å². The Kier molecular flexibility index (Phi) is 11.1. The summed E-state index contributed by atoms with van der Waals surface area (Å²) < 4.78 is 15.3. The van der Waals surface area contributed by atoms with Crippen molar-refractivity contribution in [2.75, 3.05) is 13.2 Å². The summed E-state index contributed by atoms with van der Waals surface area (Å²) in [7, 11) is 0. The van der Waals surface area contributed by atoms with Crippen LogP contribution in [0.2, 0.25) is 10.6 Å². The van der Waals surface area contributed by atoms with Crippen LogP contribution < -0.4 is 17.8 Å². The Bertz CT molecular complexity index is 747. The molecule has 0 aliphatic rings. The van der Waals surface area contributed by atoms with Crippen molar-refractivity contribution in [2.45, 2.75) is 10.6 Å². The molecule has 152 valence electrons. The molecule has 0 atom stereocenters. The summed E-state index contributed by atoms with van der Waals surface area (Å²) in [6.07, 6.45) is 2.39. The molecule has 0 aromatic heterocycles. The van der Waals surface area contributed by atoms with Crippen LogP contribution in [0.1, 0.15) is 0 Å². The summed E-state index contributed by atoms with van der Waals surface area (Å²) >= 11 is 0.878. The second-order valence-electron chi connectivity index (χ2n) is 5.49. The Hall–Kier alpha value is -1.58. The quantitative estimate of drug-likeness (QED) is 0.155. The maximum absolute atomic E-state index is 11.0. The van der Waals surface area contributed by atoms with Gasteiger partial charge in [0.1, 0.15) is 0 Å². The van der Waals surface area contributed by atoms with Crippen LogP contribution in [0.5, 0.6) is 0 Å². The van der Waals surface area contributed by atoms with E-state index in [0.717, 1.165) is 10.6 Å². The Morgan fingerprint density at radius 2 is 1.03 bits per heavy atom. The third kappa shape index (κ3) is 9.64. The van der Waals surface area contributed by atoms with Crippen LogP contribution in [0.3, 0.4) is 0 Å². The van der Waals surface area contributed by atoms with Gasteiger partial charge in [0.2, 0.25) is 0 Å². The van der Waals surface area contributed by atoms with Gasteiger partial charge < -0.3 is 0 Å². The first-order valence-corrected chi connectivity index (χ1v) is 14.7. The molecule has 2 rings (SSSR count). The fraction of sp³-hybridized carbons (Fsp3) is 0.182. The van der Waals surface area contributed by atoms with Gasteiger partial charge in [-0.2, -0.15) is 0 Å². The minimum atomic E-state index is -0.359. The molecule has 0 saturated carbocycles. The SMILES string of the molecule is C=CC(=O)OCC[Se]c1ccc([Se]c2ccc([Se]CCOC(=O)C=C)cc2)cc1. The number of rotatable bonds is 12. The predicted molar refractivity (Wildman–Crippen MR) is 121 cm³/mol. The number of carbonyl (C=O) groups is 2. The number of benzene rings is 2. The summed E-state index contributed by atoms with van der Waals surface area (Å²) in [5, 5.41) is 1.74. The van der Waals surface area contributed by atoms with Crippen molar-refractivity contribution in [3.63, 3.8) is 0 Å². The predicted octanol–water partition coefficient (Wildman–Crippen LogP) is 0.296. The van der Waals surface area contributed by atoms with Gasteiger partial charge in [-0.3, -0.25) is 0 Å². The van der Waals surface area contributed by atoms with Crippen LogP contribution in [-0.4, -0.2) is 70.0 Å². The number of hydrogen-bond donors (Lipinski definition) is 0. The molecule has 0 radical (unpaired) electrons. The van der Waals surface area contributed by atoms with E-state index in [-0.39, 0.29) is 26.9 Å². The molecule has 0 aliphatic heterocycles. The molecule has 0 N–H and O–H groups in total. The Balaban J connectivity index is 1.73. The van der Waals surface area contributed by atoms with E-state index in [2.05, 4.69) is 61.7 Å². The van der Waals surface area contributed by atoms with Gasteiger partial charge in [-0.05, 0) is 0 Å². The first-order valence-electron chi connectivity index (χ1n) is 8.82. The average molecular weight is 587 g/mol. The van der Waals surface area contributed by atoms with Gasteiger partial charge in [0.15, 0.2) is 0 Å². The normalized spacial score (nSPS) is 10.2. The molecule has 2 aromatic carbocycles. The van der Waals surface area contributed by atoms with Gasteiger partial charge in [-0.15, -0.1) is 0 Å². The van der Waals surface area contributed by atoms with Crippen molar-refractivity contribution >= 4 is 74.7 Å². The topological polar surface area (TPSA) is 52.6 Å². The third-order valence-corrected chi connectivity index (χ3v) is 9.64. The van der Waals surface area contributed by atoms with Crippen LogP contribution >= 0.6 is 0 Å². The summed E-state index contributed by atoms with van der Waals surface area (Å²) in [6, 6.07) is 17.5. The van der Waals surface area contributed by atoms with E-state index < -0.39 is 0 Å². The van der Waals surface area contributed by atoms with Crippen molar-refractivity contribution < 1.29 is 19.1 Å². The molecule has 0 amide bonds. The van der Waals surface area contributed by atoms with Gasteiger partial charge in [0.25, 0.3) is 0 Å². The van der Waals surface area contributed by atoms with Crippen molar-refractivity contribution in [3.05, 3.63) is 73.8 Å². The van der Waals surface area contributed by atoms with E-state index in [4.69, 9.17) is 9.47 Å². The zero-order chi connectivity index (χ0) is 20.9. The average Bonchev–Trinajstić information content (AvgIpc) is 2.76. The van der Waals surface area contributed by atoms with E-state index in [1.54, 1.807) is 0 Å². The minimum absolute atomic E-state index is 0.274. The van der Waals surface area contributed by atoms with Crippen molar-refractivity contribution in [1.82, 2.24) is 0 Å². The number of ether oxygens (including phenoxy) is 2. The Morgan fingerprint density at radius 1 is 0.690 bits per heavy atom. The van der Waals surface area contributed by atoms with Gasteiger partial charge in [0.05, 0.1) is 0 Å². The summed E-state index contributed by atoms with van der Waals surface area (Å²) in [5.41, 5.74) is 0. The maximum atomic E-state index is 11.0. The molecule has 2 aromatic rings. The molecule has 4 nitrogen and oxygen atoms in total. The van der Waals surface area contributed by atoms with Crippen molar-refractivity contribution in [1.29, 1.82) is 0 Å². The van der Waals surface area contributed by atoms with E-state index in [1.807, 2.05) is 0 Å². The monoisotopic (exact) mass is 590 g/mol. The third-order valence-electron chi connectivity index (χ3n) is 3.41. The van der Waals surface area contributed by atoms with Crippen molar-refractivity contribution in [2.24, 2.45) is 0 Å². The molecule has 0 aliphatic carbocycles. The van der Waals surface area contributed by atoms with Crippen LogP contribution in [0.4, 0.5) is 0 Å². The van der Waals surface area contributed by atoms with Crippen LogP contribution in [-0.2, 0) is 19.1 Å². The zero-order valence-corrected chi connectivity index (χ0v) is 21.0. The van der Waals surface area contributed by atoms with Gasteiger partial charge in [0, 0.05) is 0 Å². The fourth-order valence-electron chi connectivity index (χ4n) is 2.07. The van der Waals surface area contributed by atoms with E-state index >= 15 is 0 Å². The first kappa shape index (κ1) is 23.7. The Morgan fingerprint density at radius 3 is 1.38 bits per heavy atom. The van der Waals surface area contributed by atoms with Crippen LogP contribution in [0.15, 0.2) is 73.8 Å². The number of carbonyl (C=O) groups excluding carboxylic acids is 2. The molecule has 0 heterocycles. The second kappa shape index (κ2) is 13.6. The molecule has 0 spiro atoms. The molecule has 29 heavy (non-hydrogen) atoms. The summed E-state index contributed by atoms with van der Waals surface area (Å²) in [6.45, 7) is 7.66. The molecular formula is C22H22O4Se3. The second-order valence-corrected chi connectivity index (χ2v) is 12.8. The standard InChI is InChI=1S/C22H22O4Se3/c1-3-21(23)25-13-15-27-17-5-9-19(10-6-17)29-20-11-7-18(8-12-20)28-16-14-26-22(24)4-2/h3-12H,1-2,13-16H2. The molecule has 0 saturated heterocycles. The Labute approximate surface area is 190 Å².